The number of para-hydroxylation sites is 1. The number of benzene rings is 1. The van der Waals surface area contributed by atoms with Gasteiger partial charge in [0.05, 0.1) is 6.42 Å². The van der Waals surface area contributed by atoms with Crippen molar-refractivity contribution in [3.8, 4) is 5.75 Å². The minimum atomic E-state index is 0.0177. The zero-order chi connectivity index (χ0) is 14.8. The fourth-order valence-electron chi connectivity index (χ4n) is 3.85. The lowest BCUT2D eigenvalue weighted by Gasteiger charge is -2.47. The van der Waals surface area contributed by atoms with Crippen LogP contribution in [0.3, 0.4) is 0 Å². The number of phenolic OH excluding ortho intramolecular Hbond substituents is 1. The number of hydrogen-bond donors (Lipinski definition) is 2. The Hall–Kier alpha value is -1.55. The van der Waals surface area contributed by atoms with Gasteiger partial charge < -0.3 is 15.3 Å². The number of carbonyl (C=O) groups is 1. The minimum absolute atomic E-state index is 0.0177. The fraction of sp³-hybridized carbons (Fsp3) is 0.588. The maximum atomic E-state index is 12.2. The molecule has 0 saturated carbocycles. The van der Waals surface area contributed by atoms with Gasteiger partial charge in [0.1, 0.15) is 5.75 Å². The van der Waals surface area contributed by atoms with Crippen LogP contribution in [-0.4, -0.2) is 41.1 Å². The molecule has 0 aromatic heterocycles. The fourth-order valence-corrected chi connectivity index (χ4v) is 3.85. The monoisotopic (exact) mass is 288 g/mol. The molecule has 2 atom stereocenters. The Morgan fingerprint density at radius 3 is 2.62 bits per heavy atom. The second-order valence-electron chi connectivity index (χ2n) is 6.45. The molecule has 2 unspecified atom stereocenters. The lowest BCUT2D eigenvalue weighted by molar-refractivity contribution is -0.122. The van der Waals surface area contributed by atoms with E-state index >= 15 is 0 Å². The number of phenols is 1. The lowest BCUT2D eigenvalue weighted by Crippen LogP contribution is -2.55. The molecule has 1 amide bonds. The Kier molecular flexibility index (Phi) is 4.15. The predicted octanol–water partition coefficient (Wildman–Crippen LogP) is 2.07. The van der Waals surface area contributed by atoms with Crippen LogP contribution in [0.1, 0.15) is 37.7 Å². The molecule has 2 fully saturated rings. The molecule has 2 N–H and O–H groups in total. The molecule has 2 bridgehead atoms. The van der Waals surface area contributed by atoms with Crippen molar-refractivity contribution in [2.75, 3.05) is 7.05 Å². The van der Waals surface area contributed by atoms with Crippen molar-refractivity contribution in [1.82, 2.24) is 10.2 Å². The van der Waals surface area contributed by atoms with Crippen LogP contribution in [0.5, 0.6) is 5.75 Å². The third kappa shape index (κ3) is 3.21. The van der Waals surface area contributed by atoms with Gasteiger partial charge in [-0.05, 0) is 38.8 Å². The van der Waals surface area contributed by atoms with Crippen molar-refractivity contribution >= 4 is 5.91 Å². The Labute approximate surface area is 126 Å². The molecule has 3 rings (SSSR count). The molecule has 21 heavy (non-hydrogen) atoms. The highest BCUT2D eigenvalue weighted by atomic mass is 16.3. The summed E-state index contributed by atoms with van der Waals surface area (Å²) in [5.74, 6) is 0.219. The zero-order valence-electron chi connectivity index (χ0n) is 12.6. The number of rotatable bonds is 3. The van der Waals surface area contributed by atoms with Crippen molar-refractivity contribution in [3.05, 3.63) is 29.8 Å². The van der Waals surface area contributed by atoms with E-state index in [0.29, 0.717) is 17.6 Å². The van der Waals surface area contributed by atoms with Crippen LogP contribution < -0.4 is 5.32 Å². The summed E-state index contributed by atoms with van der Waals surface area (Å²) in [5, 5.41) is 12.9. The summed E-state index contributed by atoms with van der Waals surface area (Å²) in [4.78, 5) is 14.7. The van der Waals surface area contributed by atoms with E-state index in [1.165, 1.54) is 19.3 Å². The summed E-state index contributed by atoms with van der Waals surface area (Å²) >= 11 is 0. The van der Waals surface area contributed by atoms with Crippen molar-refractivity contribution < 1.29 is 9.90 Å². The molecule has 114 valence electrons. The van der Waals surface area contributed by atoms with Gasteiger partial charge in [-0.3, -0.25) is 4.79 Å². The maximum absolute atomic E-state index is 12.2. The summed E-state index contributed by atoms with van der Waals surface area (Å²) in [7, 11) is 2.22. The molecule has 2 heterocycles. The van der Waals surface area contributed by atoms with Crippen LogP contribution in [0.2, 0.25) is 0 Å². The first-order valence-corrected chi connectivity index (χ1v) is 7.91. The van der Waals surface area contributed by atoms with E-state index in [1.54, 1.807) is 18.2 Å². The van der Waals surface area contributed by atoms with E-state index in [0.717, 1.165) is 12.8 Å². The van der Waals surface area contributed by atoms with Gasteiger partial charge in [0, 0.05) is 23.7 Å². The van der Waals surface area contributed by atoms with E-state index in [1.807, 2.05) is 6.07 Å². The standard InChI is InChI=1S/C17H24N2O2/c1-19-14-6-4-7-15(19)11-13(10-14)18-17(21)9-12-5-2-3-8-16(12)20/h2-3,5,8,13-15,20H,4,6-7,9-11H2,1H3,(H,18,21). The van der Waals surface area contributed by atoms with E-state index < -0.39 is 0 Å². The van der Waals surface area contributed by atoms with Gasteiger partial charge >= 0.3 is 0 Å². The first-order chi connectivity index (χ1) is 10.1. The molecular formula is C17H24N2O2. The molecule has 2 saturated heterocycles. The molecule has 0 radical (unpaired) electrons. The topological polar surface area (TPSA) is 52.6 Å². The van der Waals surface area contributed by atoms with Crippen LogP contribution in [-0.2, 0) is 11.2 Å². The Morgan fingerprint density at radius 1 is 1.29 bits per heavy atom. The molecule has 2 aliphatic heterocycles. The van der Waals surface area contributed by atoms with Gasteiger partial charge in [0.15, 0.2) is 0 Å². The third-order valence-corrected chi connectivity index (χ3v) is 5.05. The van der Waals surface area contributed by atoms with Crippen molar-refractivity contribution in [1.29, 1.82) is 0 Å². The summed E-state index contributed by atoms with van der Waals surface area (Å²) in [6, 6.07) is 8.58. The van der Waals surface area contributed by atoms with Crippen LogP contribution in [0.25, 0.3) is 0 Å². The molecule has 4 heteroatoms. The summed E-state index contributed by atoms with van der Waals surface area (Å²) in [5.41, 5.74) is 0.697. The van der Waals surface area contributed by atoms with Crippen LogP contribution in [0.4, 0.5) is 0 Å². The third-order valence-electron chi connectivity index (χ3n) is 5.05. The number of amides is 1. The van der Waals surface area contributed by atoms with Gasteiger partial charge in [-0.25, -0.2) is 0 Å². The molecular weight excluding hydrogens is 264 g/mol. The van der Waals surface area contributed by atoms with Crippen molar-refractivity contribution in [2.45, 2.75) is 56.7 Å². The minimum Gasteiger partial charge on any atom is -0.508 e. The smallest absolute Gasteiger partial charge is 0.224 e. The molecule has 0 aliphatic carbocycles. The Morgan fingerprint density at radius 2 is 1.95 bits per heavy atom. The van der Waals surface area contributed by atoms with E-state index in [4.69, 9.17) is 0 Å². The number of piperidine rings is 2. The Bertz CT molecular complexity index is 503. The second-order valence-corrected chi connectivity index (χ2v) is 6.45. The van der Waals surface area contributed by atoms with Gasteiger partial charge in [-0.15, -0.1) is 0 Å². The molecule has 4 nitrogen and oxygen atoms in total. The van der Waals surface area contributed by atoms with Crippen molar-refractivity contribution in [2.24, 2.45) is 0 Å². The second kappa shape index (κ2) is 6.06. The number of nitrogens with one attached hydrogen (secondary N) is 1. The number of carbonyl (C=O) groups excluding carboxylic acids is 1. The van der Waals surface area contributed by atoms with Gasteiger partial charge in [0.25, 0.3) is 0 Å². The summed E-state index contributed by atoms with van der Waals surface area (Å²) in [6.07, 6.45) is 6.18. The normalized spacial score (nSPS) is 29.1. The van der Waals surface area contributed by atoms with Gasteiger partial charge in [-0.1, -0.05) is 24.6 Å². The SMILES string of the molecule is CN1C2CCCC1CC(NC(=O)Cc1ccccc1O)C2. The molecule has 1 aromatic rings. The van der Waals surface area contributed by atoms with Crippen LogP contribution >= 0.6 is 0 Å². The highest BCUT2D eigenvalue weighted by Gasteiger charge is 2.36. The van der Waals surface area contributed by atoms with Gasteiger partial charge in [-0.2, -0.15) is 0 Å². The number of nitrogens with zero attached hydrogens (tertiary/aromatic N) is 1. The lowest BCUT2D eigenvalue weighted by atomic mass is 9.82. The zero-order valence-corrected chi connectivity index (χ0v) is 12.6. The van der Waals surface area contributed by atoms with Crippen LogP contribution in [0, 0.1) is 0 Å². The number of aromatic hydroxyl groups is 1. The first kappa shape index (κ1) is 14.4. The van der Waals surface area contributed by atoms with Gasteiger partial charge in [0.2, 0.25) is 5.91 Å². The largest absolute Gasteiger partial charge is 0.508 e. The van der Waals surface area contributed by atoms with E-state index in [-0.39, 0.29) is 24.1 Å². The highest BCUT2D eigenvalue weighted by Crippen LogP contribution is 2.32. The number of fused-ring (bicyclic) bond motifs is 2. The average Bonchev–Trinajstić information content (AvgIpc) is 2.42. The highest BCUT2D eigenvalue weighted by molar-refractivity contribution is 5.79. The van der Waals surface area contributed by atoms with Crippen molar-refractivity contribution in [3.63, 3.8) is 0 Å². The first-order valence-electron chi connectivity index (χ1n) is 7.91. The Balaban J connectivity index is 1.57. The molecule has 0 spiro atoms. The number of hydrogen-bond acceptors (Lipinski definition) is 3. The molecule has 1 aromatic carbocycles. The average molecular weight is 288 g/mol. The van der Waals surface area contributed by atoms with E-state index in [2.05, 4.69) is 17.3 Å². The quantitative estimate of drug-likeness (QED) is 0.895. The maximum Gasteiger partial charge on any atom is 0.224 e. The predicted molar refractivity (Wildman–Crippen MR) is 82.2 cm³/mol. The molecule has 2 aliphatic rings. The van der Waals surface area contributed by atoms with Crippen LogP contribution in [0.15, 0.2) is 24.3 Å². The summed E-state index contributed by atoms with van der Waals surface area (Å²) in [6.45, 7) is 0. The van der Waals surface area contributed by atoms with E-state index in [9.17, 15) is 9.90 Å². The summed E-state index contributed by atoms with van der Waals surface area (Å²) < 4.78 is 0.